The van der Waals surface area contributed by atoms with Crippen molar-refractivity contribution in [2.75, 3.05) is 27.2 Å². The molecule has 0 fully saturated rings. The van der Waals surface area contributed by atoms with Crippen molar-refractivity contribution < 1.29 is 18.7 Å². The fourth-order valence-corrected chi connectivity index (χ4v) is 3.42. The lowest BCUT2D eigenvalue weighted by molar-refractivity contribution is -0.133. The summed E-state index contributed by atoms with van der Waals surface area (Å²) in [7, 11) is 3.10. The number of benzene rings is 2. The molecule has 8 heteroatoms. The van der Waals surface area contributed by atoms with Gasteiger partial charge in [-0.15, -0.1) is 0 Å². The van der Waals surface area contributed by atoms with Gasteiger partial charge in [0.25, 0.3) is 5.91 Å². The van der Waals surface area contributed by atoms with Crippen LogP contribution in [0.15, 0.2) is 53.6 Å². The number of para-hydroxylation sites is 1. The number of rotatable bonds is 6. The number of halogens is 1. The van der Waals surface area contributed by atoms with Gasteiger partial charge in [-0.3, -0.25) is 4.79 Å². The largest absolute Gasteiger partial charge is 0.496 e. The Labute approximate surface area is 175 Å². The molecule has 1 aliphatic heterocycles. The van der Waals surface area contributed by atoms with E-state index in [1.165, 1.54) is 16.0 Å². The van der Waals surface area contributed by atoms with Crippen LogP contribution in [0.5, 0.6) is 5.75 Å². The maximum absolute atomic E-state index is 14.4. The number of urea groups is 1. The smallest absolute Gasteiger partial charge is 0.317 e. The van der Waals surface area contributed by atoms with E-state index in [9.17, 15) is 14.0 Å². The number of ether oxygens (including phenoxy) is 1. The number of hydrazone groups is 1. The molecule has 1 heterocycles. The van der Waals surface area contributed by atoms with Crippen LogP contribution in [0, 0.1) is 5.82 Å². The Morgan fingerprint density at radius 1 is 1.23 bits per heavy atom. The Hall–Kier alpha value is -3.42. The van der Waals surface area contributed by atoms with Crippen LogP contribution in [0.2, 0.25) is 0 Å². The number of likely N-dealkylation sites (N-methyl/N-ethyl adjacent to an activating group) is 1. The molecule has 30 heavy (non-hydrogen) atoms. The standard InChI is InChI=1S/C22H25FN4O3/c1-4-24-22(29)26(2)14-21(28)27-19(16-10-6-8-12-20(16)30-3)13-18(25-27)15-9-5-7-11-17(15)23/h5-12,19H,4,13-14H2,1-3H3,(H,24,29). The van der Waals surface area contributed by atoms with Gasteiger partial charge in [-0.2, -0.15) is 5.10 Å². The van der Waals surface area contributed by atoms with Crippen molar-refractivity contribution >= 4 is 17.6 Å². The zero-order valence-electron chi connectivity index (χ0n) is 17.3. The van der Waals surface area contributed by atoms with Gasteiger partial charge < -0.3 is 15.0 Å². The van der Waals surface area contributed by atoms with Crippen LogP contribution in [0.3, 0.4) is 0 Å². The number of carbonyl (C=O) groups is 2. The van der Waals surface area contributed by atoms with Gasteiger partial charge in [0.2, 0.25) is 0 Å². The predicted molar refractivity (Wildman–Crippen MR) is 112 cm³/mol. The highest BCUT2D eigenvalue weighted by atomic mass is 19.1. The second-order valence-electron chi connectivity index (χ2n) is 6.92. The summed E-state index contributed by atoms with van der Waals surface area (Å²) >= 11 is 0. The summed E-state index contributed by atoms with van der Waals surface area (Å²) in [5.74, 6) is -0.155. The van der Waals surface area contributed by atoms with Crippen LogP contribution in [0.4, 0.5) is 9.18 Å². The van der Waals surface area contributed by atoms with Gasteiger partial charge in [0.1, 0.15) is 18.1 Å². The highest BCUT2D eigenvalue weighted by molar-refractivity contribution is 6.03. The first-order valence-corrected chi connectivity index (χ1v) is 9.72. The zero-order valence-corrected chi connectivity index (χ0v) is 17.3. The second kappa shape index (κ2) is 9.39. The summed E-state index contributed by atoms with van der Waals surface area (Å²) in [6.45, 7) is 2.10. The number of nitrogens with one attached hydrogen (secondary N) is 1. The summed E-state index contributed by atoms with van der Waals surface area (Å²) in [6.07, 6.45) is 0.331. The molecule has 158 valence electrons. The molecule has 0 aliphatic carbocycles. The molecule has 1 N–H and O–H groups in total. The minimum Gasteiger partial charge on any atom is -0.496 e. The van der Waals surface area contributed by atoms with E-state index in [0.29, 0.717) is 30.0 Å². The van der Waals surface area contributed by atoms with Gasteiger partial charge in [0.15, 0.2) is 0 Å². The van der Waals surface area contributed by atoms with Gasteiger partial charge in [0, 0.05) is 31.1 Å². The van der Waals surface area contributed by atoms with Gasteiger partial charge >= 0.3 is 6.03 Å². The van der Waals surface area contributed by atoms with Crippen molar-refractivity contribution in [2.24, 2.45) is 5.10 Å². The molecule has 0 spiro atoms. The maximum atomic E-state index is 14.4. The summed E-state index contributed by atoms with van der Waals surface area (Å²) in [5, 5.41) is 8.44. The lowest BCUT2D eigenvalue weighted by Crippen LogP contribution is -2.43. The topological polar surface area (TPSA) is 74.2 Å². The van der Waals surface area contributed by atoms with Crippen molar-refractivity contribution in [3.63, 3.8) is 0 Å². The Balaban J connectivity index is 1.94. The number of hydrogen-bond donors (Lipinski definition) is 1. The molecule has 0 bridgehead atoms. The average molecular weight is 412 g/mol. The molecule has 1 unspecified atom stereocenters. The molecule has 3 rings (SSSR count). The summed E-state index contributed by atoms with van der Waals surface area (Å²) in [6, 6.07) is 12.9. The fraction of sp³-hybridized carbons (Fsp3) is 0.318. The number of amides is 3. The van der Waals surface area contributed by atoms with Crippen molar-refractivity contribution in [3.8, 4) is 5.75 Å². The lowest BCUT2D eigenvalue weighted by atomic mass is 9.97. The van der Waals surface area contributed by atoms with E-state index in [4.69, 9.17) is 4.74 Å². The molecule has 3 amide bonds. The normalized spacial score (nSPS) is 15.5. The zero-order chi connectivity index (χ0) is 21.7. The van der Waals surface area contributed by atoms with E-state index < -0.39 is 11.9 Å². The molecule has 0 radical (unpaired) electrons. The first-order chi connectivity index (χ1) is 14.5. The van der Waals surface area contributed by atoms with E-state index in [1.807, 2.05) is 18.2 Å². The molecular weight excluding hydrogens is 387 g/mol. The maximum Gasteiger partial charge on any atom is 0.317 e. The number of nitrogens with zero attached hydrogens (tertiary/aromatic N) is 3. The van der Waals surface area contributed by atoms with E-state index in [0.717, 1.165) is 5.56 Å². The van der Waals surface area contributed by atoms with Crippen molar-refractivity contribution in [3.05, 3.63) is 65.5 Å². The lowest BCUT2D eigenvalue weighted by Gasteiger charge is -2.25. The van der Waals surface area contributed by atoms with Crippen LogP contribution < -0.4 is 10.1 Å². The third kappa shape index (κ3) is 4.42. The summed E-state index contributed by atoms with van der Waals surface area (Å²) in [5.41, 5.74) is 1.59. The Bertz CT molecular complexity index is 963. The first-order valence-electron chi connectivity index (χ1n) is 9.72. The van der Waals surface area contributed by atoms with Crippen LogP contribution in [-0.2, 0) is 4.79 Å². The Kier molecular flexibility index (Phi) is 6.66. The second-order valence-corrected chi connectivity index (χ2v) is 6.92. The summed E-state index contributed by atoms with van der Waals surface area (Å²) in [4.78, 5) is 26.4. The summed E-state index contributed by atoms with van der Waals surface area (Å²) < 4.78 is 19.8. The molecular formula is C22H25FN4O3. The first kappa shape index (κ1) is 21.3. The predicted octanol–water partition coefficient (Wildman–Crippen LogP) is 3.17. The van der Waals surface area contributed by atoms with Gasteiger partial charge in [-0.25, -0.2) is 14.2 Å². The van der Waals surface area contributed by atoms with Crippen molar-refractivity contribution in [1.82, 2.24) is 15.2 Å². The molecule has 7 nitrogen and oxygen atoms in total. The van der Waals surface area contributed by atoms with Crippen LogP contribution in [0.1, 0.15) is 30.5 Å². The van der Waals surface area contributed by atoms with Crippen molar-refractivity contribution in [1.29, 1.82) is 0 Å². The molecule has 2 aromatic rings. The highest BCUT2D eigenvalue weighted by Crippen LogP contribution is 2.37. The minimum absolute atomic E-state index is 0.161. The molecule has 0 aromatic heterocycles. The van der Waals surface area contributed by atoms with Crippen LogP contribution in [0.25, 0.3) is 0 Å². The van der Waals surface area contributed by atoms with Crippen LogP contribution >= 0.6 is 0 Å². The Morgan fingerprint density at radius 2 is 1.93 bits per heavy atom. The monoisotopic (exact) mass is 412 g/mol. The van der Waals surface area contributed by atoms with Crippen LogP contribution in [-0.4, -0.2) is 54.8 Å². The molecule has 0 saturated carbocycles. The SMILES string of the molecule is CCNC(=O)N(C)CC(=O)N1N=C(c2ccccc2F)CC1c1ccccc1OC. The molecule has 2 aromatic carbocycles. The van der Waals surface area contributed by atoms with E-state index in [-0.39, 0.29) is 18.5 Å². The van der Waals surface area contributed by atoms with Gasteiger partial charge in [0.05, 0.1) is 18.9 Å². The van der Waals surface area contributed by atoms with E-state index in [1.54, 1.807) is 45.3 Å². The third-order valence-corrected chi connectivity index (χ3v) is 4.90. The molecule has 1 aliphatic rings. The number of carbonyl (C=O) groups excluding carboxylic acids is 2. The fourth-order valence-electron chi connectivity index (χ4n) is 3.42. The third-order valence-electron chi connectivity index (χ3n) is 4.90. The quantitative estimate of drug-likeness (QED) is 0.792. The van der Waals surface area contributed by atoms with Gasteiger partial charge in [-0.05, 0) is 19.1 Å². The van der Waals surface area contributed by atoms with E-state index in [2.05, 4.69) is 10.4 Å². The van der Waals surface area contributed by atoms with E-state index >= 15 is 0 Å². The van der Waals surface area contributed by atoms with Crippen molar-refractivity contribution in [2.45, 2.75) is 19.4 Å². The number of methoxy groups -OCH3 is 1. The Morgan fingerprint density at radius 3 is 2.63 bits per heavy atom. The highest BCUT2D eigenvalue weighted by Gasteiger charge is 2.36. The average Bonchev–Trinajstić information content (AvgIpc) is 3.19. The van der Waals surface area contributed by atoms with Gasteiger partial charge in [-0.1, -0.05) is 36.4 Å². The molecule has 1 atom stereocenters. The number of hydrogen-bond acceptors (Lipinski definition) is 4. The minimum atomic E-state index is -0.467. The molecule has 0 saturated heterocycles.